The maximum Gasteiger partial charge on any atom is 0.110 e. The average Bonchev–Trinajstić information content (AvgIpc) is 3.28. The summed E-state index contributed by atoms with van der Waals surface area (Å²) in [7, 11) is 0. The Hall–Kier alpha value is -0.910. The topological polar surface area (TPSA) is 33.5 Å². The summed E-state index contributed by atoms with van der Waals surface area (Å²) in [6.07, 6.45) is 6.10. The second-order valence-corrected chi connectivity index (χ2v) is 6.70. The highest BCUT2D eigenvalue weighted by atomic mass is 16.5. The van der Waals surface area contributed by atoms with E-state index in [-0.39, 0.29) is 0 Å². The zero-order valence-electron chi connectivity index (χ0n) is 12.8. The molecule has 4 rings (SSSR count). The fourth-order valence-electron chi connectivity index (χ4n) is 3.50. The zero-order chi connectivity index (χ0) is 14.1. The fourth-order valence-corrected chi connectivity index (χ4v) is 3.50. The minimum atomic E-state index is 0.871. The van der Waals surface area contributed by atoms with Gasteiger partial charge in [-0.15, -0.1) is 0 Å². The van der Waals surface area contributed by atoms with Gasteiger partial charge in [0.1, 0.15) is 5.82 Å². The molecule has 1 aromatic heterocycles. The van der Waals surface area contributed by atoms with E-state index < -0.39 is 0 Å². The second kappa shape index (κ2) is 6.07. The molecule has 1 aromatic rings. The number of hydrogen-bond acceptors (Lipinski definition) is 4. The van der Waals surface area contributed by atoms with Crippen LogP contribution in [0.2, 0.25) is 0 Å². The molecule has 2 fully saturated rings. The molecule has 0 atom stereocenters. The Labute approximate surface area is 126 Å². The molecule has 0 amide bonds. The number of aromatic nitrogens is 2. The van der Waals surface area contributed by atoms with Crippen molar-refractivity contribution in [2.45, 2.75) is 32.4 Å². The molecule has 3 aliphatic rings. The third-order valence-electron chi connectivity index (χ3n) is 5.01. The van der Waals surface area contributed by atoms with Crippen LogP contribution in [0.1, 0.15) is 24.4 Å². The smallest absolute Gasteiger partial charge is 0.110 e. The SMILES string of the molecule is c1nc2n(c1CN1CCOCC1)CCN(CC1CC1)CC2. The first kappa shape index (κ1) is 13.7. The van der Waals surface area contributed by atoms with Crippen LogP contribution in [0, 0.1) is 5.92 Å². The number of morpholine rings is 1. The molecule has 5 heteroatoms. The fraction of sp³-hybridized carbons (Fsp3) is 0.812. The Morgan fingerprint density at radius 1 is 1.05 bits per heavy atom. The van der Waals surface area contributed by atoms with Gasteiger partial charge in [-0.05, 0) is 18.8 Å². The van der Waals surface area contributed by atoms with Gasteiger partial charge < -0.3 is 14.2 Å². The summed E-state index contributed by atoms with van der Waals surface area (Å²) in [6.45, 7) is 9.67. The quantitative estimate of drug-likeness (QED) is 0.828. The number of hydrogen-bond donors (Lipinski definition) is 0. The summed E-state index contributed by atoms with van der Waals surface area (Å²) < 4.78 is 7.91. The normalized spacial score (nSPS) is 24.8. The van der Waals surface area contributed by atoms with Crippen LogP contribution in [0.3, 0.4) is 0 Å². The molecular formula is C16H26N4O. The highest BCUT2D eigenvalue weighted by molar-refractivity contribution is 5.08. The Bertz CT molecular complexity index is 477. The summed E-state index contributed by atoms with van der Waals surface area (Å²) in [5.74, 6) is 2.28. The van der Waals surface area contributed by atoms with E-state index in [0.717, 1.165) is 51.7 Å². The van der Waals surface area contributed by atoms with Crippen LogP contribution in [-0.4, -0.2) is 65.3 Å². The molecular weight excluding hydrogens is 264 g/mol. The number of ether oxygens (including phenoxy) is 1. The standard InChI is InChI=1S/C16H26N4O/c1-2-14(1)12-18-4-3-16-17-11-15(20(16)6-5-18)13-19-7-9-21-10-8-19/h11,14H,1-10,12-13H2. The van der Waals surface area contributed by atoms with Gasteiger partial charge in [0.25, 0.3) is 0 Å². The second-order valence-electron chi connectivity index (χ2n) is 6.70. The van der Waals surface area contributed by atoms with Gasteiger partial charge in [-0.2, -0.15) is 0 Å². The van der Waals surface area contributed by atoms with Crippen LogP contribution < -0.4 is 0 Å². The molecule has 0 bridgehead atoms. The van der Waals surface area contributed by atoms with Gasteiger partial charge >= 0.3 is 0 Å². The first-order chi connectivity index (χ1) is 10.4. The van der Waals surface area contributed by atoms with Crippen LogP contribution in [-0.2, 0) is 24.2 Å². The predicted octanol–water partition coefficient (Wildman–Crippen LogP) is 0.983. The van der Waals surface area contributed by atoms with E-state index in [2.05, 4.69) is 25.5 Å². The Kier molecular flexibility index (Phi) is 3.97. The van der Waals surface area contributed by atoms with Crippen molar-refractivity contribution in [2.75, 3.05) is 45.9 Å². The van der Waals surface area contributed by atoms with Crippen LogP contribution >= 0.6 is 0 Å². The van der Waals surface area contributed by atoms with Crippen molar-refractivity contribution in [1.82, 2.24) is 19.4 Å². The summed E-state index contributed by atoms with van der Waals surface area (Å²) in [5, 5.41) is 0. The molecule has 116 valence electrons. The van der Waals surface area contributed by atoms with Crippen molar-refractivity contribution in [3.05, 3.63) is 17.7 Å². The van der Waals surface area contributed by atoms with Gasteiger partial charge in [0.05, 0.1) is 18.9 Å². The molecule has 2 aliphatic heterocycles. The van der Waals surface area contributed by atoms with E-state index in [1.54, 1.807) is 0 Å². The summed E-state index contributed by atoms with van der Waals surface area (Å²) in [5.41, 5.74) is 1.39. The Morgan fingerprint density at radius 2 is 1.90 bits per heavy atom. The van der Waals surface area contributed by atoms with Gasteiger partial charge in [0.2, 0.25) is 0 Å². The molecule has 1 saturated carbocycles. The zero-order valence-corrected chi connectivity index (χ0v) is 12.8. The van der Waals surface area contributed by atoms with E-state index in [1.165, 1.54) is 44.0 Å². The molecule has 5 nitrogen and oxygen atoms in total. The lowest BCUT2D eigenvalue weighted by Gasteiger charge is -2.27. The van der Waals surface area contributed by atoms with Gasteiger partial charge in [-0.3, -0.25) is 4.90 Å². The molecule has 1 aliphatic carbocycles. The highest BCUT2D eigenvalue weighted by Crippen LogP contribution is 2.30. The lowest BCUT2D eigenvalue weighted by Crippen LogP contribution is -2.36. The van der Waals surface area contributed by atoms with Crippen molar-refractivity contribution < 1.29 is 4.74 Å². The summed E-state index contributed by atoms with van der Waals surface area (Å²) in [6, 6.07) is 0. The van der Waals surface area contributed by atoms with Crippen LogP contribution in [0.4, 0.5) is 0 Å². The van der Waals surface area contributed by atoms with Crippen molar-refractivity contribution >= 4 is 0 Å². The Balaban J connectivity index is 1.40. The maximum absolute atomic E-state index is 5.44. The summed E-state index contributed by atoms with van der Waals surface area (Å²) in [4.78, 5) is 9.82. The predicted molar refractivity (Wildman–Crippen MR) is 81.2 cm³/mol. The number of imidazole rings is 1. The molecule has 0 N–H and O–H groups in total. The third-order valence-corrected chi connectivity index (χ3v) is 5.01. The molecule has 21 heavy (non-hydrogen) atoms. The monoisotopic (exact) mass is 290 g/mol. The maximum atomic E-state index is 5.44. The van der Waals surface area contributed by atoms with E-state index in [4.69, 9.17) is 4.74 Å². The Morgan fingerprint density at radius 3 is 2.71 bits per heavy atom. The van der Waals surface area contributed by atoms with Crippen molar-refractivity contribution in [1.29, 1.82) is 0 Å². The molecule has 1 saturated heterocycles. The lowest BCUT2D eigenvalue weighted by atomic mass is 10.3. The van der Waals surface area contributed by atoms with Gasteiger partial charge in [0.15, 0.2) is 0 Å². The van der Waals surface area contributed by atoms with E-state index in [1.807, 2.05) is 0 Å². The molecule has 0 unspecified atom stereocenters. The van der Waals surface area contributed by atoms with Gasteiger partial charge in [0, 0.05) is 58.4 Å². The highest BCUT2D eigenvalue weighted by Gasteiger charge is 2.26. The minimum Gasteiger partial charge on any atom is -0.379 e. The number of rotatable bonds is 4. The van der Waals surface area contributed by atoms with Gasteiger partial charge in [-0.1, -0.05) is 0 Å². The van der Waals surface area contributed by atoms with E-state index >= 15 is 0 Å². The van der Waals surface area contributed by atoms with Crippen molar-refractivity contribution in [3.63, 3.8) is 0 Å². The molecule has 3 heterocycles. The van der Waals surface area contributed by atoms with Crippen LogP contribution in [0.25, 0.3) is 0 Å². The largest absolute Gasteiger partial charge is 0.379 e. The van der Waals surface area contributed by atoms with Crippen LogP contribution in [0.15, 0.2) is 6.20 Å². The van der Waals surface area contributed by atoms with E-state index in [9.17, 15) is 0 Å². The molecule has 0 spiro atoms. The minimum absolute atomic E-state index is 0.871. The van der Waals surface area contributed by atoms with E-state index in [0.29, 0.717) is 0 Å². The first-order valence-corrected chi connectivity index (χ1v) is 8.44. The summed E-state index contributed by atoms with van der Waals surface area (Å²) >= 11 is 0. The average molecular weight is 290 g/mol. The van der Waals surface area contributed by atoms with Gasteiger partial charge in [-0.25, -0.2) is 4.98 Å². The first-order valence-electron chi connectivity index (χ1n) is 8.44. The number of fused-ring (bicyclic) bond motifs is 1. The lowest BCUT2D eigenvalue weighted by molar-refractivity contribution is 0.0331. The van der Waals surface area contributed by atoms with Crippen LogP contribution in [0.5, 0.6) is 0 Å². The van der Waals surface area contributed by atoms with Crippen molar-refractivity contribution in [3.8, 4) is 0 Å². The number of nitrogens with zero attached hydrogens (tertiary/aromatic N) is 4. The molecule has 0 aromatic carbocycles. The third kappa shape index (κ3) is 3.30. The molecule has 0 radical (unpaired) electrons. The van der Waals surface area contributed by atoms with Crippen molar-refractivity contribution in [2.24, 2.45) is 5.92 Å².